The van der Waals surface area contributed by atoms with Gasteiger partial charge in [0, 0.05) is 13.5 Å². The molecule has 5 nitrogen and oxygen atoms in total. The lowest BCUT2D eigenvalue weighted by atomic mass is 10.7. The van der Waals surface area contributed by atoms with E-state index in [2.05, 4.69) is 9.47 Å². The maximum absolute atomic E-state index is 9.63. The molecule has 0 aliphatic rings. The third-order valence-corrected chi connectivity index (χ3v) is 0.717. The van der Waals surface area contributed by atoms with Crippen molar-refractivity contribution in [2.24, 2.45) is 0 Å². The molecule has 0 atom stereocenters. The second kappa shape index (κ2) is 9.90. The van der Waals surface area contributed by atoms with E-state index >= 15 is 0 Å². The van der Waals surface area contributed by atoms with Gasteiger partial charge >= 0.3 is 11.9 Å². The minimum absolute atomic E-state index is 0.184. The zero-order valence-electron chi connectivity index (χ0n) is 7.49. The summed E-state index contributed by atoms with van der Waals surface area (Å²) in [6.07, 6.45) is 0. The number of hydrogen-bond donors (Lipinski definition) is 1. The molecular weight excluding hydrogens is 164 g/mol. The fourth-order valence-electron chi connectivity index (χ4n) is 0.189. The van der Waals surface area contributed by atoms with Crippen molar-refractivity contribution in [2.45, 2.75) is 13.8 Å². The van der Waals surface area contributed by atoms with Crippen molar-refractivity contribution in [3.05, 3.63) is 0 Å². The average molecular weight is 178 g/mol. The maximum atomic E-state index is 9.63. The van der Waals surface area contributed by atoms with Crippen molar-refractivity contribution in [1.29, 1.82) is 0 Å². The van der Waals surface area contributed by atoms with Gasteiger partial charge in [-0.2, -0.15) is 0 Å². The molecule has 0 aromatic rings. The number of ether oxygens (including phenoxy) is 2. The van der Waals surface area contributed by atoms with E-state index in [-0.39, 0.29) is 12.6 Å². The largest absolute Gasteiger partial charge is 0.480 e. The summed E-state index contributed by atoms with van der Waals surface area (Å²) < 4.78 is 8.61. The molecule has 0 heterocycles. The molecule has 0 aromatic carbocycles. The molecule has 0 aliphatic heterocycles. The van der Waals surface area contributed by atoms with Gasteiger partial charge in [0.15, 0.2) is 0 Å². The summed E-state index contributed by atoms with van der Waals surface area (Å²) in [4.78, 5) is 19.2. The van der Waals surface area contributed by atoms with E-state index in [0.29, 0.717) is 6.61 Å². The highest BCUT2D eigenvalue weighted by Crippen LogP contribution is 1.69. The summed E-state index contributed by atoms with van der Waals surface area (Å²) in [5.74, 6) is -1.16. The third-order valence-electron chi connectivity index (χ3n) is 0.717. The van der Waals surface area contributed by atoms with Crippen molar-refractivity contribution in [3.63, 3.8) is 0 Å². The number of carbonyl (C=O) groups excluding carboxylic acids is 1. The molecule has 0 unspecified atom stereocenters. The Hall–Kier alpha value is -1.10. The van der Waals surface area contributed by atoms with E-state index in [4.69, 9.17) is 5.11 Å². The first-order valence-corrected chi connectivity index (χ1v) is 3.38. The quantitative estimate of drug-likeness (QED) is 0.628. The van der Waals surface area contributed by atoms with Crippen LogP contribution in [0.3, 0.4) is 0 Å². The van der Waals surface area contributed by atoms with E-state index in [1.807, 2.05) is 0 Å². The molecule has 1 N–H and O–H groups in total. The normalized spacial score (nSPS) is 7.92. The smallest absolute Gasteiger partial charge is 0.329 e. The monoisotopic (exact) mass is 178 g/mol. The number of rotatable bonds is 3. The second-order valence-electron chi connectivity index (χ2n) is 1.73. The number of carboxylic acids is 1. The molecule has 0 aliphatic carbocycles. The van der Waals surface area contributed by atoms with Gasteiger partial charge in [0.25, 0.3) is 0 Å². The molecule has 0 amide bonds. The Morgan fingerprint density at radius 3 is 1.92 bits per heavy atom. The van der Waals surface area contributed by atoms with E-state index < -0.39 is 5.97 Å². The lowest BCUT2D eigenvalue weighted by molar-refractivity contribution is -0.142. The molecule has 0 aromatic heterocycles. The predicted molar refractivity (Wildman–Crippen MR) is 41.8 cm³/mol. The fraction of sp³-hybridized carbons (Fsp3) is 0.714. The molecule has 0 fully saturated rings. The first-order chi connectivity index (χ1) is 5.54. The summed E-state index contributed by atoms with van der Waals surface area (Å²) in [6.45, 7) is 3.39. The van der Waals surface area contributed by atoms with Gasteiger partial charge in [0.05, 0.1) is 7.11 Å². The molecule has 0 saturated carbocycles. The molecule has 0 saturated heterocycles. The van der Waals surface area contributed by atoms with Gasteiger partial charge in [-0.3, -0.25) is 4.79 Å². The Balaban J connectivity index is 0. The van der Waals surface area contributed by atoms with Gasteiger partial charge in [-0.15, -0.1) is 0 Å². The highest BCUT2D eigenvalue weighted by molar-refractivity contribution is 5.67. The topological polar surface area (TPSA) is 72.8 Å². The molecular formula is C7H14O5. The van der Waals surface area contributed by atoms with Crippen molar-refractivity contribution in [2.75, 3.05) is 20.3 Å². The zero-order valence-corrected chi connectivity index (χ0v) is 7.49. The van der Waals surface area contributed by atoms with Crippen LogP contribution < -0.4 is 0 Å². The number of methoxy groups -OCH3 is 1. The molecule has 0 spiro atoms. The van der Waals surface area contributed by atoms with E-state index in [1.165, 1.54) is 14.0 Å². The SMILES string of the molecule is CCOCC(=O)O.COC(C)=O. The van der Waals surface area contributed by atoms with Crippen LogP contribution in [0.5, 0.6) is 0 Å². The van der Waals surface area contributed by atoms with Crippen LogP contribution in [0.25, 0.3) is 0 Å². The van der Waals surface area contributed by atoms with Crippen LogP contribution in [0.15, 0.2) is 0 Å². The maximum Gasteiger partial charge on any atom is 0.329 e. The number of hydrogen-bond acceptors (Lipinski definition) is 4. The zero-order chi connectivity index (χ0) is 9.98. The molecule has 5 heteroatoms. The Bertz CT molecular complexity index is 132. The van der Waals surface area contributed by atoms with Crippen molar-refractivity contribution < 1.29 is 24.2 Å². The van der Waals surface area contributed by atoms with Gasteiger partial charge < -0.3 is 14.6 Å². The average Bonchev–Trinajstić information content (AvgIpc) is 2.02. The number of esters is 1. The number of carboxylic acid groups (broad SMARTS) is 1. The first kappa shape index (κ1) is 13.5. The van der Waals surface area contributed by atoms with Crippen molar-refractivity contribution in [3.8, 4) is 0 Å². The second-order valence-corrected chi connectivity index (χ2v) is 1.73. The minimum atomic E-state index is -0.915. The highest BCUT2D eigenvalue weighted by Gasteiger charge is 1.90. The number of carbonyl (C=O) groups is 2. The van der Waals surface area contributed by atoms with Crippen LogP contribution in [0.4, 0.5) is 0 Å². The van der Waals surface area contributed by atoms with Crippen LogP contribution in [0.2, 0.25) is 0 Å². The molecule has 0 rings (SSSR count). The van der Waals surface area contributed by atoms with Gasteiger partial charge in [-0.1, -0.05) is 0 Å². The van der Waals surface area contributed by atoms with Crippen LogP contribution in [0.1, 0.15) is 13.8 Å². The van der Waals surface area contributed by atoms with E-state index in [1.54, 1.807) is 6.92 Å². The van der Waals surface area contributed by atoms with Crippen LogP contribution in [-0.4, -0.2) is 37.4 Å². The molecule has 12 heavy (non-hydrogen) atoms. The summed E-state index contributed by atoms with van der Waals surface area (Å²) in [6, 6.07) is 0. The Morgan fingerprint density at radius 1 is 1.42 bits per heavy atom. The highest BCUT2D eigenvalue weighted by atomic mass is 16.5. The lowest BCUT2D eigenvalue weighted by Crippen LogP contribution is -2.05. The van der Waals surface area contributed by atoms with Crippen LogP contribution >= 0.6 is 0 Å². The van der Waals surface area contributed by atoms with E-state index in [9.17, 15) is 9.59 Å². The standard InChI is InChI=1S/C4H8O3.C3H6O2/c1-2-7-3-4(5)6;1-3(4)5-2/h2-3H2,1H3,(H,5,6);1-2H3. The van der Waals surface area contributed by atoms with Gasteiger partial charge in [0.2, 0.25) is 0 Å². The minimum Gasteiger partial charge on any atom is -0.480 e. The summed E-state index contributed by atoms with van der Waals surface area (Å²) in [7, 11) is 1.35. The van der Waals surface area contributed by atoms with Gasteiger partial charge in [-0.05, 0) is 6.92 Å². The fourth-order valence-corrected chi connectivity index (χ4v) is 0.189. The predicted octanol–water partition coefficient (Wildman–Crippen LogP) is 0.287. The summed E-state index contributed by atoms with van der Waals surface area (Å²) in [5.41, 5.74) is 0. The lowest BCUT2D eigenvalue weighted by Gasteiger charge is -1.90. The summed E-state index contributed by atoms with van der Waals surface area (Å²) >= 11 is 0. The molecule has 0 radical (unpaired) electrons. The molecule has 72 valence electrons. The van der Waals surface area contributed by atoms with Crippen LogP contribution in [0, 0.1) is 0 Å². The Labute approximate surface area is 71.3 Å². The third kappa shape index (κ3) is 23.1. The summed E-state index contributed by atoms with van der Waals surface area (Å²) in [5, 5.41) is 7.92. The van der Waals surface area contributed by atoms with Gasteiger partial charge in [0.1, 0.15) is 6.61 Å². The van der Waals surface area contributed by atoms with Crippen molar-refractivity contribution >= 4 is 11.9 Å². The van der Waals surface area contributed by atoms with E-state index in [0.717, 1.165) is 0 Å². The Morgan fingerprint density at radius 2 is 1.83 bits per heavy atom. The first-order valence-electron chi connectivity index (χ1n) is 3.38. The molecule has 0 bridgehead atoms. The van der Waals surface area contributed by atoms with Crippen molar-refractivity contribution in [1.82, 2.24) is 0 Å². The van der Waals surface area contributed by atoms with Gasteiger partial charge in [-0.25, -0.2) is 4.79 Å². The Kier molecular flexibility index (Phi) is 11.1. The van der Waals surface area contributed by atoms with Crippen LogP contribution in [-0.2, 0) is 19.1 Å². The number of aliphatic carboxylic acids is 1.